The molecule has 6 aromatic heterocycles. The van der Waals surface area contributed by atoms with Crippen molar-refractivity contribution in [1.82, 2.24) is 34.9 Å². The van der Waals surface area contributed by atoms with Gasteiger partial charge in [-0.25, -0.2) is 9.97 Å². The maximum absolute atomic E-state index is 4.55. The maximum Gasteiger partial charge on any atom is 0.155 e. The zero-order valence-electron chi connectivity index (χ0n) is 16.3. The quantitative estimate of drug-likeness (QED) is 0.432. The Kier molecular flexibility index (Phi) is 3.63. The zero-order valence-corrected chi connectivity index (χ0v) is 17.2. The lowest BCUT2D eigenvalue weighted by atomic mass is 10.1. The maximum atomic E-state index is 4.55. The lowest BCUT2D eigenvalue weighted by Gasteiger charge is -1.98. The molecule has 0 aliphatic heterocycles. The SMILES string of the molecule is Cc1ccc(-c2ccnc3[nH]c(-c4n[nH]c5ncc(-c6cnn(C)c6)cc45)cc23)s1. The van der Waals surface area contributed by atoms with Gasteiger partial charge in [0.25, 0.3) is 0 Å². The van der Waals surface area contributed by atoms with E-state index in [1.807, 2.05) is 31.8 Å². The summed E-state index contributed by atoms with van der Waals surface area (Å²) >= 11 is 1.79. The Morgan fingerprint density at radius 1 is 0.967 bits per heavy atom. The predicted molar refractivity (Wildman–Crippen MR) is 119 cm³/mol. The Morgan fingerprint density at radius 3 is 2.70 bits per heavy atom. The van der Waals surface area contributed by atoms with Crippen LogP contribution < -0.4 is 0 Å². The number of rotatable bonds is 3. The van der Waals surface area contributed by atoms with Gasteiger partial charge in [0.1, 0.15) is 11.3 Å². The smallest absolute Gasteiger partial charge is 0.155 e. The highest BCUT2D eigenvalue weighted by atomic mass is 32.1. The van der Waals surface area contributed by atoms with Gasteiger partial charge in [0.15, 0.2) is 5.65 Å². The van der Waals surface area contributed by atoms with Crippen molar-refractivity contribution in [2.24, 2.45) is 7.05 Å². The number of hydrogen-bond donors (Lipinski definition) is 2. The Balaban J connectivity index is 1.52. The molecule has 0 aliphatic rings. The molecular weight excluding hydrogens is 394 g/mol. The number of aromatic nitrogens is 7. The second kappa shape index (κ2) is 6.36. The number of nitrogens with zero attached hydrogens (tertiary/aromatic N) is 5. The minimum Gasteiger partial charge on any atom is -0.338 e. The molecule has 6 heterocycles. The van der Waals surface area contributed by atoms with Crippen molar-refractivity contribution >= 4 is 33.4 Å². The summed E-state index contributed by atoms with van der Waals surface area (Å²) in [6.45, 7) is 2.12. The molecule has 146 valence electrons. The highest BCUT2D eigenvalue weighted by Gasteiger charge is 2.16. The molecule has 7 nitrogen and oxygen atoms in total. The number of aryl methyl sites for hydroxylation is 2. The fourth-order valence-corrected chi connectivity index (χ4v) is 4.69. The number of pyridine rings is 2. The summed E-state index contributed by atoms with van der Waals surface area (Å²) in [7, 11) is 1.91. The summed E-state index contributed by atoms with van der Waals surface area (Å²) in [4.78, 5) is 15.1. The van der Waals surface area contributed by atoms with Crippen LogP contribution in [0.3, 0.4) is 0 Å². The summed E-state index contributed by atoms with van der Waals surface area (Å²) in [5, 5.41) is 13.9. The van der Waals surface area contributed by atoms with Crippen molar-refractivity contribution in [3.05, 3.63) is 60.0 Å². The van der Waals surface area contributed by atoms with Gasteiger partial charge in [0.05, 0.1) is 11.9 Å². The van der Waals surface area contributed by atoms with Crippen LogP contribution in [0, 0.1) is 6.92 Å². The monoisotopic (exact) mass is 411 g/mol. The number of fused-ring (bicyclic) bond motifs is 2. The average molecular weight is 411 g/mol. The van der Waals surface area contributed by atoms with E-state index in [4.69, 9.17) is 0 Å². The molecule has 0 atom stereocenters. The minimum atomic E-state index is 0.748. The lowest BCUT2D eigenvalue weighted by molar-refractivity contribution is 0.768. The molecule has 0 saturated heterocycles. The summed E-state index contributed by atoms with van der Waals surface area (Å²) < 4.78 is 1.78. The van der Waals surface area contributed by atoms with Crippen molar-refractivity contribution in [2.75, 3.05) is 0 Å². The van der Waals surface area contributed by atoms with E-state index in [0.717, 1.165) is 44.6 Å². The molecule has 0 aliphatic carbocycles. The van der Waals surface area contributed by atoms with Crippen molar-refractivity contribution in [3.63, 3.8) is 0 Å². The first-order valence-electron chi connectivity index (χ1n) is 9.54. The molecular formula is C22H17N7S. The van der Waals surface area contributed by atoms with E-state index in [1.165, 1.54) is 15.3 Å². The van der Waals surface area contributed by atoms with Crippen molar-refractivity contribution in [3.8, 4) is 33.0 Å². The molecule has 0 aromatic carbocycles. The Bertz CT molecular complexity index is 1530. The van der Waals surface area contributed by atoms with Crippen molar-refractivity contribution in [1.29, 1.82) is 0 Å². The number of hydrogen-bond acceptors (Lipinski definition) is 5. The first-order chi connectivity index (χ1) is 14.7. The number of H-pyrrole nitrogens is 2. The largest absolute Gasteiger partial charge is 0.338 e. The Hall–Kier alpha value is -3.78. The van der Waals surface area contributed by atoms with Crippen LogP contribution in [0.1, 0.15) is 4.88 Å². The highest BCUT2D eigenvalue weighted by molar-refractivity contribution is 7.15. The van der Waals surface area contributed by atoms with E-state index < -0.39 is 0 Å². The molecule has 6 aromatic rings. The molecule has 0 amide bonds. The summed E-state index contributed by atoms with van der Waals surface area (Å²) in [6.07, 6.45) is 7.50. The number of aromatic amines is 2. The van der Waals surface area contributed by atoms with Crippen LogP contribution in [-0.2, 0) is 7.05 Å². The summed E-state index contributed by atoms with van der Waals surface area (Å²) in [5.41, 5.74) is 6.54. The second-order valence-electron chi connectivity index (χ2n) is 7.31. The summed E-state index contributed by atoms with van der Waals surface area (Å²) in [5.74, 6) is 0. The molecule has 0 radical (unpaired) electrons. The molecule has 30 heavy (non-hydrogen) atoms. The van der Waals surface area contributed by atoms with Crippen molar-refractivity contribution < 1.29 is 0 Å². The lowest BCUT2D eigenvalue weighted by Crippen LogP contribution is -1.84. The zero-order chi connectivity index (χ0) is 20.2. The van der Waals surface area contributed by atoms with Gasteiger partial charge in [-0.3, -0.25) is 9.78 Å². The van der Waals surface area contributed by atoms with Crippen LogP contribution in [0.25, 0.3) is 55.0 Å². The van der Waals surface area contributed by atoms with Crippen LogP contribution in [-0.4, -0.2) is 34.9 Å². The second-order valence-corrected chi connectivity index (χ2v) is 8.60. The third kappa shape index (κ3) is 2.65. The van der Waals surface area contributed by atoms with Crippen molar-refractivity contribution in [2.45, 2.75) is 6.92 Å². The molecule has 6 rings (SSSR count). The predicted octanol–water partition coefficient (Wildman–Crippen LogP) is 4.94. The van der Waals surface area contributed by atoms with Gasteiger partial charge in [0.2, 0.25) is 0 Å². The van der Waals surface area contributed by atoms with Gasteiger partial charge in [0, 0.05) is 62.9 Å². The molecule has 0 saturated carbocycles. The number of nitrogens with one attached hydrogen (secondary N) is 2. The van der Waals surface area contributed by atoms with E-state index in [9.17, 15) is 0 Å². The van der Waals surface area contributed by atoms with Crippen LogP contribution in [0.2, 0.25) is 0 Å². The average Bonchev–Trinajstić information content (AvgIpc) is 3.52. The normalized spacial score (nSPS) is 11.7. The molecule has 0 spiro atoms. The molecule has 0 bridgehead atoms. The number of thiophene rings is 1. The minimum absolute atomic E-state index is 0.748. The van der Waals surface area contributed by atoms with Crippen LogP contribution in [0.4, 0.5) is 0 Å². The molecule has 0 unspecified atom stereocenters. The Labute approximate surface area is 175 Å². The first kappa shape index (κ1) is 17.1. The van der Waals surface area contributed by atoms with E-state index >= 15 is 0 Å². The van der Waals surface area contributed by atoms with E-state index in [0.29, 0.717) is 0 Å². The molecule has 8 heteroatoms. The van der Waals surface area contributed by atoms with Gasteiger partial charge in [-0.05, 0) is 37.3 Å². The topological polar surface area (TPSA) is 88.1 Å². The van der Waals surface area contributed by atoms with Crippen LogP contribution in [0.15, 0.2) is 55.1 Å². The van der Waals surface area contributed by atoms with Gasteiger partial charge in [-0.1, -0.05) is 0 Å². The van der Waals surface area contributed by atoms with E-state index in [-0.39, 0.29) is 0 Å². The molecule has 2 N–H and O–H groups in total. The fraction of sp³-hybridized carbons (Fsp3) is 0.0909. The van der Waals surface area contributed by atoms with Crippen LogP contribution in [0.5, 0.6) is 0 Å². The van der Waals surface area contributed by atoms with Crippen LogP contribution >= 0.6 is 11.3 Å². The van der Waals surface area contributed by atoms with E-state index in [1.54, 1.807) is 16.0 Å². The summed E-state index contributed by atoms with van der Waals surface area (Å²) in [6, 6.07) is 10.6. The Morgan fingerprint density at radius 2 is 1.90 bits per heavy atom. The van der Waals surface area contributed by atoms with Gasteiger partial charge < -0.3 is 4.98 Å². The fourth-order valence-electron chi connectivity index (χ4n) is 3.79. The third-order valence-corrected chi connectivity index (χ3v) is 6.28. The standard InChI is InChI=1S/C22H17N7S/c1-12-3-4-19(30-12)15-5-6-23-21-16(15)8-18(26-21)20-17-7-13(9-24-22(17)28-27-20)14-10-25-29(2)11-14/h3-11H,1-2H3,(H,23,26)(H,24,27,28). The molecule has 0 fully saturated rings. The first-order valence-corrected chi connectivity index (χ1v) is 10.4. The van der Waals surface area contributed by atoms with Gasteiger partial charge in [-0.15, -0.1) is 11.3 Å². The van der Waals surface area contributed by atoms with Gasteiger partial charge in [-0.2, -0.15) is 10.2 Å². The third-order valence-electron chi connectivity index (χ3n) is 5.25. The van der Waals surface area contributed by atoms with E-state index in [2.05, 4.69) is 67.5 Å². The van der Waals surface area contributed by atoms with Gasteiger partial charge >= 0.3 is 0 Å². The highest BCUT2D eigenvalue weighted by Crippen LogP contribution is 2.36.